The van der Waals surface area contributed by atoms with E-state index in [0.29, 0.717) is 12.0 Å². The van der Waals surface area contributed by atoms with Gasteiger partial charge in [0, 0.05) is 22.5 Å². The van der Waals surface area contributed by atoms with Crippen LogP contribution in [0, 0.1) is 6.92 Å². The third-order valence-corrected chi connectivity index (χ3v) is 5.98. The molecule has 0 radical (unpaired) electrons. The van der Waals surface area contributed by atoms with Crippen LogP contribution in [-0.2, 0) is 22.6 Å². The molecule has 1 atom stereocenters. The summed E-state index contributed by atoms with van der Waals surface area (Å²) in [6.45, 7) is 2.21. The number of aryl methyl sites for hydroxylation is 1. The number of hydrogen-bond acceptors (Lipinski definition) is 6. The summed E-state index contributed by atoms with van der Waals surface area (Å²) in [5, 5.41) is 2.38. The number of nitrogens with two attached hydrogens (primary N) is 1. The highest BCUT2D eigenvalue weighted by Gasteiger charge is 2.16. The lowest BCUT2D eigenvalue weighted by molar-refractivity contribution is -0.146. The fourth-order valence-corrected chi connectivity index (χ4v) is 4.19. The van der Waals surface area contributed by atoms with E-state index in [2.05, 4.69) is 17.1 Å². The minimum atomic E-state index is -0.740. The van der Waals surface area contributed by atoms with Gasteiger partial charge >= 0.3 is 5.97 Å². The summed E-state index contributed by atoms with van der Waals surface area (Å²) >= 11 is 0. The van der Waals surface area contributed by atoms with Crippen LogP contribution in [-0.4, -0.2) is 35.1 Å². The van der Waals surface area contributed by atoms with Crippen molar-refractivity contribution >= 4 is 34.1 Å². The van der Waals surface area contributed by atoms with Gasteiger partial charge in [-0.25, -0.2) is 0 Å². The summed E-state index contributed by atoms with van der Waals surface area (Å²) in [5.41, 5.74) is 11.3. The Labute approximate surface area is 215 Å². The van der Waals surface area contributed by atoms with Crippen molar-refractivity contribution in [3.63, 3.8) is 0 Å². The van der Waals surface area contributed by atoms with Gasteiger partial charge in [0.1, 0.15) is 31.6 Å². The Bertz CT molecular complexity index is 1510. The summed E-state index contributed by atoms with van der Waals surface area (Å²) in [6.07, 6.45) is 2.95. The Morgan fingerprint density at radius 3 is 2.46 bits per heavy atom. The average Bonchev–Trinajstić information content (AvgIpc) is 3.27. The van der Waals surface area contributed by atoms with E-state index in [1.165, 1.54) is 10.8 Å². The molecule has 2 heterocycles. The van der Waals surface area contributed by atoms with E-state index in [0.717, 1.165) is 34.1 Å². The Morgan fingerprint density at radius 2 is 1.70 bits per heavy atom. The number of carbonyl (C=O) groups is 2. The number of fused-ring (bicyclic) bond motifs is 3. The Morgan fingerprint density at radius 1 is 0.973 bits per heavy atom. The zero-order chi connectivity index (χ0) is 26.2. The lowest BCUT2D eigenvalue weighted by atomic mass is 10.0. The van der Waals surface area contributed by atoms with Crippen molar-refractivity contribution < 1.29 is 19.2 Å². The number of benzene rings is 3. The molecule has 5 aromatic rings. The normalized spacial score (nSPS) is 11.4. The maximum absolute atomic E-state index is 11.9. The van der Waals surface area contributed by atoms with Crippen molar-refractivity contribution in [1.82, 2.24) is 9.71 Å². The van der Waals surface area contributed by atoms with Crippen molar-refractivity contribution in [3.05, 3.63) is 114 Å². The topological polar surface area (TPSA) is 96.4 Å². The predicted octanol–water partition coefficient (Wildman–Crippen LogP) is 4.67. The maximum Gasteiger partial charge on any atom is 0.323 e. The number of aldehydes is 1. The van der Waals surface area contributed by atoms with Crippen LogP contribution >= 0.6 is 0 Å². The van der Waals surface area contributed by atoms with Crippen LogP contribution in [0.15, 0.2) is 91.1 Å². The van der Waals surface area contributed by atoms with E-state index in [1.807, 2.05) is 72.4 Å². The van der Waals surface area contributed by atoms with Gasteiger partial charge in [0.05, 0.1) is 11.2 Å². The molecule has 5 rings (SSSR count). The largest absolute Gasteiger partial charge is 0.460 e. The Balaban J connectivity index is 0.000000179. The minimum Gasteiger partial charge on any atom is -0.460 e. The molecule has 0 spiro atoms. The first kappa shape index (κ1) is 25.6. The van der Waals surface area contributed by atoms with E-state index in [1.54, 1.807) is 25.3 Å². The molecule has 0 amide bonds. The molecule has 188 valence electrons. The fourth-order valence-electron chi connectivity index (χ4n) is 4.19. The van der Waals surface area contributed by atoms with Crippen LogP contribution in [0.2, 0.25) is 0 Å². The molecule has 7 nitrogen and oxygen atoms in total. The standard InChI is InChI=1S/C17H17NO3.C13H12N2O/c18-16(10-14-7-4-8-15(9-14)11-19)17(20)21-12-13-5-2-1-3-6-13;1-9-13-11(7-8-14-9)10-5-3-4-6-12(10)15(13)16-2/h1-9,11,16H,10,12,18H2;3-8H,1-2H3. The van der Waals surface area contributed by atoms with Gasteiger partial charge in [0.2, 0.25) is 0 Å². The highest BCUT2D eigenvalue weighted by Crippen LogP contribution is 2.28. The smallest absolute Gasteiger partial charge is 0.323 e. The van der Waals surface area contributed by atoms with Gasteiger partial charge in [0.15, 0.2) is 0 Å². The van der Waals surface area contributed by atoms with Gasteiger partial charge in [-0.2, -0.15) is 4.73 Å². The van der Waals surface area contributed by atoms with Crippen LogP contribution in [0.1, 0.15) is 27.2 Å². The summed E-state index contributed by atoms with van der Waals surface area (Å²) in [6, 6.07) is 25.9. The molecule has 0 aliphatic rings. The molecule has 0 bridgehead atoms. The number of hydrogen-bond donors (Lipinski definition) is 1. The van der Waals surface area contributed by atoms with E-state index in [-0.39, 0.29) is 6.61 Å². The lowest BCUT2D eigenvalue weighted by Gasteiger charge is -2.12. The van der Waals surface area contributed by atoms with Crippen molar-refractivity contribution in [1.29, 1.82) is 0 Å². The second-order valence-corrected chi connectivity index (χ2v) is 8.55. The number of nitrogens with zero attached hydrogens (tertiary/aromatic N) is 2. The molecule has 37 heavy (non-hydrogen) atoms. The molecule has 3 aromatic carbocycles. The van der Waals surface area contributed by atoms with Crippen molar-refractivity contribution in [2.45, 2.75) is 26.0 Å². The zero-order valence-electron chi connectivity index (χ0n) is 20.8. The molecule has 0 aliphatic carbocycles. The first-order valence-electron chi connectivity index (χ1n) is 11.9. The van der Waals surface area contributed by atoms with Crippen molar-refractivity contribution in [2.24, 2.45) is 5.73 Å². The van der Waals surface area contributed by atoms with E-state index < -0.39 is 12.0 Å². The van der Waals surface area contributed by atoms with Gasteiger partial charge in [-0.05, 0) is 42.7 Å². The average molecular weight is 496 g/mol. The molecule has 2 aromatic heterocycles. The molecule has 0 fully saturated rings. The first-order valence-corrected chi connectivity index (χ1v) is 11.9. The molecule has 0 saturated carbocycles. The van der Waals surface area contributed by atoms with Crippen LogP contribution in [0.3, 0.4) is 0 Å². The molecular weight excluding hydrogens is 466 g/mol. The van der Waals surface area contributed by atoms with Gasteiger partial charge in [0.25, 0.3) is 0 Å². The number of pyridine rings is 1. The third kappa shape index (κ3) is 6.02. The van der Waals surface area contributed by atoms with E-state index in [9.17, 15) is 9.59 Å². The van der Waals surface area contributed by atoms with Gasteiger partial charge in [-0.15, -0.1) is 0 Å². The number of aromatic nitrogens is 2. The molecular formula is C30H29N3O4. The number of rotatable bonds is 7. The van der Waals surface area contributed by atoms with Crippen molar-refractivity contribution in [3.8, 4) is 0 Å². The summed E-state index contributed by atoms with van der Waals surface area (Å²) in [4.78, 5) is 32.3. The number of esters is 1. The van der Waals surface area contributed by atoms with Gasteiger partial charge < -0.3 is 15.3 Å². The summed E-state index contributed by atoms with van der Waals surface area (Å²) in [5.74, 6) is -0.449. The third-order valence-electron chi connectivity index (χ3n) is 5.98. The predicted molar refractivity (Wildman–Crippen MR) is 144 cm³/mol. The second-order valence-electron chi connectivity index (χ2n) is 8.55. The number of para-hydroxylation sites is 1. The molecule has 2 N–H and O–H groups in total. The number of ether oxygens (including phenoxy) is 1. The highest BCUT2D eigenvalue weighted by molar-refractivity contribution is 6.08. The lowest BCUT2D eigenvalue weighted by Crippen LogP contribution is -2.34. The van der Waals surface area contributed by atoms with E-state index in [4.69, 9.17) is 15.3 Å². The van der Waals surface area contributed by atoms with Crippen LogP contribution < -0.4 is 10.6 Å². The number of carbonyl (C=O) groups excluding carboxylic acids is 2. The molecule has 0 aliphatic heterocycles. The van der Waals surface area contributed by atoms with Gasteiger partial charge in [-0.1, -0.05) is 66.7 Å². The van der Waals surface area contributed by atoms with Gasteiger partial charge in [-0.3, -0.25) is 14.6 Å². The summed E-state index contributed by atoms with van der Waals surface area (Å²) < 4.78 is 7.03. The van der Waals surface area contributed by atoms with E-state index >= 15 is 0 Å². The van der Waals surface area contributed by atoms with Crippen LogP contribution in [0.5, 0.6) is 0 Å². The summed E-state index contributed by atoms with van der Waals surface area (Å²) in [7, 11) is 1.68. The van der Waals surface area contributed by atoms with Crippen LogP contribution in [0.4, 0.5) is 0 Å². The van der Waals surface area contributed by atoms with Crippen LogP contribution in [0.25, 0.3) is 21.8 Å². The molecule has 0 saturated heterocycles. The second kappa shape index (κ2) is 12.0. The Kier molecular flexibility index (Phi) is 8.28. The first-order chi connectivity index (χ1) is 18.0. The van der Waals surface area contributed by atoms with Crippen molar-refractivity contribution in [2.75, 3.05) is 7.11 Å². The maximum atomic E-state index is 11.9. The zero-order valence-corrected chi connectivity index (χ0v) is 20.8. The molecule has 1 unspecified atom stereocenters. The minimum absolute atomic E-state index is 0.210. The Hall–Kier alpha value is -4.49. The quantitative estimate of drug-likeness (QED) is 0.260. The monoisotopic (exact) mass is 495 g/mol. The molecule has 7 heteroatoms. The highest BCUT2D eigenvalue weighted by atomic mass is 16.6. The fraction of sp³-hybridized carbons (Fsp3) is 0.167. The SMILES string of the molecule is COn1c2ccccc2c2ccnc(C)c21.NC(Cc1cccc(C=O)c1)C(=O)OCc1ccccc1.